The fraction of sp³-hybridized carbons (Fsp3) is 0.214. The van der Waals surface area contributed by atoms with E-state index >= 15 is 0 Å². The molecular formula is C28H27ClN6O. The third-order valence-electron chi connectivity index (χ3n) is 6.26. The van der Waals surface area contributed by atoms with E-state index in [0.717, 1.165) is 39.0 Å². The van der Waals surface area contributed by atoms with Crippen molar-refractivity contribution in [2.75, 3.05) is 0 Å². The second kappa shape index (κ2) is 10.4. The summed E-state index contributed by atoms with van der Waals surface area (Å²) in [5.41, 5.74) is 5.76. The Morgan fingerprint density at radius 3 is 2.47 bits per heavy atom. The number of benzene rings is 3. The monoisotopic (exact) mass is 498 g/mol. The maximum Gasteiger partial charge on any atom is 0.252 e. The molecule has 0 saturated carbocycles. The standard InChI is InChI=1S/C28H27ClN6O/c1-19-12-20(2)27-23(13-19)14-24(28(36)30-27)17-34(16-22-10-6-7-11-25(22)29)18-26-31-32-33-35(26)15-21-8-4-3-5-9-21/h3-14H,15-18H2,1-2H3,(H,30,36). The van der Waals surface area contributed by atoms with Crippen LogP contribution in [0, 0.1) is 13.8 Å². The van der Waals surface area contributed by atoms with Gasteiger partial charge in [-0.15, -0.1) is 5.10 Å². The van der Waals surface area contributed by atoms with E-state index < -0.39 is 0 Å². The van der Waals surface area contributed by atoms with Crippen LogP contribution < -0.4 is 5.56 Å². The van der Waals surface area contributed by atoms with Crippen LogP contribution in [0.25, 0.3) is 10.9 Å². The van der Waals surface area contributed by atoms with Crippen LogP contribution in [-0.2, 0) is 26.2 Å². The molecule has 5 rings (SSSR count). The molecule has 7 nitrogen and oxygen atoms in total. The van der Waals surface area contributed by atoms with Gasteiger partial charge in [0.2, 0.25) is 0 Å². The summed E-state index contributed by atoms with van der Waals surface area (Å²) in [6, 6.07) is 24.0. The summed E-state index contributed by atoms with van der Waals surface area (Å²) >= 11 is 6.50. The molecule has 36 heavy (non-hydrogen) atoms. The number of nitrogens with zero attached hydrogens (tertiary/aromatic N) is 5. The number of hydrogen-bond acceptors (Lipinski definition) is 5. The summed E-state index contributed by atoms with van der Waals surface area (Å²) in [4.78, 5) is 18.3. The first-order chi connectivity index (χ1) is 17.5. The second-order valence-electron chi connectivity index (χ2n) is 9.14. The molecule has 0 spiro atoms. The Bertz CT molecular complexity index is 1560. The van der Waals surface area contributed by atoms with Gasteiger partial charge in [-0.1, -0.05) is 71.8 Å². The van der Waals surface area contributed by atoms with Gasteiger partial charge in [0.05, 0.1) is 18.6 Å². The fourth-order valence-corrected chi connectivity index (χ4v) is 4.74. The third-order valence-corrected chi connectivity index (χ3v) is 6.63. The van der Waals surface area contributed by atoms with Crippen molar-refractivity contribution >= 4 is 22.5 Å². The van der Waals surface area contributed by atoms with Crippen LogP contribution in [0.4, 0.5) is 0 Å². The smallest absolute Gasteiger partial charge is 0.252 e. The van der Waals surface area contributed by atoms with Crippen molar-refractivity contribution in [3.05, 3.63) is 122 Å². The first-order valence-electron chi connectivity index (χ1n) is 11.8. The molecule has 0 atom stereocenters. The van der Waals surface area contributed by atoms with E-state index in [1.54, 1.807) is 4.68 Å². The van der Waals surface area contributed by atoms with Crippen molar-refractivity contribution in [3.63, 3.8) is 0 Å². The highest BCUT2D eigenvalue weighted by Gasteiger charge is 2.17. The Labute approximate surface area is 214 Å². The normalized spacial score (nSPS) is 11.4. The average Bonchev–Trinajstić information content (AvgIpc) is 3.28. The Balaban J connectivity index is 1.47. The van der Waals surface area contributed by atoms with Crippen molar-refractivity contribution < 1.29 is 0 Å². The van der Waals surface area contributed by atoms with Crippen molar-refractivity contribution in [1.29, 1.82) is 0 Å². The number of pyridine rings is 1. The lowest BCUT2D eigenvalue weighted by Crippen LogP contribution is -2.28. The quantitative estimate of drug-likeness (QED) is 0.324. The van der Waals surface area contributed by atoms with Crippen LogP contribution in [0.15, 0.2) is 77.6 Å². The van der Waals surface area contributed by atoms with Gasteiger partial charge in [0.1, 0.15) is 0 Å². The van der Waals surface area contributed by atoms with Crippen molar-refractivity contribution in [1.82, 2.24) is 30.1 Å². The summed E-state index contributed by atoms with van der Waals surface area (Å²) in [6.07, 6.45) is 0. The Morgan fingerprint density at radius 1 is 0.917 bits per heavy atom. The average molecular weight is 499 g/mol. The molecule has 0 radical (unpaired) electrons. The minimum absolute atomic E-state index is 0.0949. The summed E-state index contributed by atoms with van der Waals surface area (Å²) < 4.78 is 1.80. The van der Waals surface area contributed by atoms with E-state index in [0.29, 0.717) is 36.8 Å². The third kappa shape index (κ3) is 5.37. The Hall–Kier alpha value is -3.81. The molecule has 0 amide bonds. The van der Waals surface area contributed by atoms with Crippen molar-refractivity contribution in [2.24, 2.45) is 0 Å². The van der Waals surface area contributed by atoms with Crippen LogP contribution in [-0.4, -0.2) is 30.1 Å². The zero-order chi connectivity index (χ0) is 25.1. The molecule has 1 N–H and O–H groups in total. The van der Waals surface area contributed by atoms with Gasteiger partial charge < -0.3 is 4.98 Å². The molecule has 0 fully saturated rings. The molecule has 8 heteroatoms. The van der Waals surface area contributed by atoms with Gasteiger partial charge in [-0.3, -0.25) is 9.69 Å². The van der Waals surface area contributed by atoms with Crippen LogP contribution >= 0.6 is 11.6 Å². The molecule has 0 aliphatic rings. The number of tetrazole rings is 1. The maximum absolute atomic E-state index is 13.1. The first kappa shape index (κ1) is 23.9. The molecule has 3 aromatic carbocycles. The second-order valence-corrected chi connectivity index (χ2v) is 9.55. The number of nitrogens with one attached hydrogen (secondary N) is 1. The lowest BCUT2D eigenvalue weighted by molar-refractivity contribution is 0.236. The number of aromatic nitrogens is 5. The van der Waals surface area contributed by atoms with Crippen molar-refractivity contribution in [2.45, 2.75) is 40.0 Å². The lowest BCUT2D eigenvalue weighted by Gasteiger charge is -2.22. The summed E-state index contributed by atoms with van der Waals surface area (Å²) in [5.74, 6) is 0.717. The minimum Gasteiger partial charge on any atom is -0.321 e. The minimum atomic E-state index is -0.0949. The van der Waals surface area contributed by atoms with Gasteiger partial charge >= 0.3 is 0 Å². The topological polar surface area (TPSA) is 79.7 Å². The molecule has 0 aliphatic carbocycles. The zero-order valence-corrected chi connectivity index (χ0v) is 21.0. The number of H-pyrrole nitrogens is 1. The molecule has 182 valence electrons. The molecule has 2 aromatic heterocycles. The van der Waals surface area contributed by atoms with E-state index in [1.807, 2.05) is 67.6 Å². The number of aryl methyl sites for hydroxylation is 2. The molecule has 0 unspecified atom stereocenters. The van der Waals surface area contributed by atoms with E-state index in [-0.39, 0.29) is 5.56 Å². The van der Waals surface area contributed by atoms with E-state index in [2.05, 4.69) is 44.5 Å². The molecular weight excluding hydrogens is 472 g/mol. The van der Waals surface area contributed by atoms with Crippen LogP contribution in [0.1, 0.15) is 33.6 Å². The van der Waals surface area contributed by atoms with Crippen LogP contribution in [0.3, 0.4) is 0 Å². The van der Waals surface area contributed by atoms with Crippen LogP contribution in [0.2, 0.25) is 5.02 Å². The Morgan fingerprint density at radius 2 is 1.67 bits per heavy atom. The Kier molecular flexibility index (Phi) is 6.93. The van der Waals surface area contributed by atoms with Gasteiger partial charge in [-0.2, -0.15) is 0 Å². The fourth-order valence-electron chi connectivity index (χ4n) is 4.54. The predicted molar refractivity (Wildman–Crippen MR) is 142 cm³/mol. The number of rotatable bonds is 8. The van der Waals surface area contributed by atoms with Crippen LogP contribution in [0.5, 0.6) is 0 Å². The summed E-state index contributed by atoms with van der Waals surface area (Å²) in [7, 11) is 0. The predicted octanol–water partition coefficient (Wildman–Crippen LogP) is 5.04. The molecule has 0 saturated heterocycles. The number of fused-ring (bicyclic) bond motifs is 1. The summed E-state index contributed by atoms with van der Waals surface area (Å²) in [6.45, 7) is 6.06. The largest absolute Gasteiger partial charge is 0.321 e. The van der Waals surface area contributed by atoms with E-state index in [1.165, 1.54) is 0 Å². The molecule has 0 aliphatic heterocycles. The highest BCUT2D eigenvalue weighted by atomic mass is 35.5. The first-order valence-corrected chi connectivity index (χ1v) is 12.2. The number of hydrogen-bond donors (Lipinski definition) is 1. The highest BCUT2D eigenvalue weighted by molar-refractivity contribution is 6.31. The van der Waals surface area contributed by atoms with Gasteiger partial charge in [-0.25, -0.2) is 4.68 Å². The van der Waals surface area contributed by atoms with E-state index in [4.69, 9.17) is 11.6 Å². The molecule has 0 bridgehead atoms. The highest BCUT2D eigenvalue weighted by Crippen LogP contribution is 2.22. The van der Waals surface area contributed by atoms with Gasteiger partial charge in [-0.05, 0) is 64.5 Å². The van der Waals surface area contributed by atoms with Gasteiger partial charge in [0, 0.05) is 23.7 Å². The van der Waals surface area contributed by atoms with Gasteiger partial charge in [0.25, 0.3) is 5.56 Å². The van der Waals surface area contributed by atoms with Gasteiger partial charge in [0.15, 0.2) is 5.82 Å². The van der Waals surface area contributed by atoms with E-state index in [9.17, 15) is 4.79 Å². The summed E-state index contributed by atoms with van der Waals surface area (Å²) in [5, 5.41) is 14.1. The SMILES string of the molecule is Cc1cc(C)c2[nH]c(=O)c(CN(Cc3ccccc3Cl)Cc3nnnn3Cc3ccccc3)cc2c1. The lowest BCUT2D eigenvalue weighted by atomic mass is 10.0. The zero-order valence-electron chi connectivity index (χ0n) is 20.3. The van der Waals surface area contributed by atoms with Crippen molar-refractivity contribution in [3.8, 4) is 0 Å². The molecule has 2 heterocycles. The molecule has 5 aromatic rings. The number of aromatic amines is 1. The number of halogens is 1. The maximum atomic E-state index is 13.1.